The molecule has 0 aliphatic rings. The molecule has 11 heteroatoms. The van der Waals surface area contributed by atoms with Crippen LogP contribution < -0.4 is 5.32 Å². The van der Waals surface area contributed by atoms with Gasteiger partial charge < -0.3 is 10.4 Å². The van der Waals surface area contributed by atoms with E-state index in [9.17, 15) is 31.5 Å². The van der Waals surface area contributed by atoms with Crippen LogP contribution in [-0.4, -0.2) is 41.2 Å². The van der Waals surface area contributed by atoms with Crippen LogP contribution in [0.25, 0.3) is 0 Å². The van der Waals surface area contributed by atoms with Crippen LogP contribution in [0.2, 0.25) is 0 Å². The fourth-order valence-corrected chi connectivity index (χ4v) is 2.83. The van der Waals surface area contributed by atoms with E-state index < -0.39 is 27.5 Å². The molecule has 0 aliphatic heterocycles. The summed E-state index contributed by atoms with van der Waals surface area (Å²) in [4.78, 5) is 18.4. The fourth-order valence-electron chi connectivity index (χ4n) is 1.66. The lowest BCUT2D eigenvalue weighted by Gasteiger charge is -2.24. The third-order valence-electron chi connectivity index (χ3n) is 3.26. The van der Waals surface area contributed by atoms with Gasteiger partial charge >= 0.3 is 6.18 Å². The molecule has 1 aromatic heterocycles. The number of carbonyl (C=O) groups is 1. The molecule has 1 heterocycles. The molecule has 1 atom stereocenters. The number of halogens is 3. The van der Waals surface area contributed by atoms with E-state index in [1.807, 2.05) is 5.32 Å². The monoisotopic (exact) mass is 375 g/mol. The summed E-state index contributed by atoms with van der Waals surface area (Å²) in [7, 11) is -3.90. The van der Waals surface area contributed by atoms with E-state index in [0.717, 1.165) is 43.0 Å². The number of alkyl halides is 3. The summed E-state index contributed by atoms with van der Waals surface area (Å²) < 4.78 is 62.4. The van der Waals surface area contributed by atoms with Gasteiger partial charge in [-0.2, -0.15) is 13.2 Å². The minimum absolute atomic E-state index is 0.113. The zero-order chi connectivity index (χ0) is 18.9. The normalized spacial score (nSPS) is 14.6. The lowest BCUT2D eigenvalue weighted by molar-refractivity contribution is -0.242. The summed E-state index contributed by atoms with van der Waals surface area (Å²) in [5.41, 5.74) is -3.70. The van der Waals surface area contributed by atoms with Gasteiger partial charge in [-0.25, -0.2) is 18.4 Å². The second-order valence-electron chi connectivity index (χ2n) is 5.13. The minimum Gasteiger partial charge on any atom is -0.373 e. The van der Waals surface area contributed by atoms with Crippen molar-refractivity contribution in [3.8, 4) is 0 Å². The third kappa shape index (κ3) is 3.77. The first kappa shape index (κ1) is 18.8. The maximum Gasteiger partial charge on any atom is 0.426 e. The van der Waals surface area contributed by atoms with Crippen LogP contribution >= 0.6 is 0 Å². The van der Waals surface area contributed by atoms with E-state index in [0.29, 0.717) is 6.92 Å². The second-order valence-corrected chi connectivity index (χ2v) is 7.08. The number of nitrogens with one attached hydrogen (secondary N) is 1. The van der Waals surface area contributed by atoms with Crippen molar-refractivity contribution in [3.63, 3.8) is 0 Å². The third-order valence-corrected chi connectivity index (χ3v) is 4.99. The van der Waals surface area contributed by atoms with E-state index in [1.54, 1.807) is 0 Å². The van der Waals surface area contributed by atoms with Crippen molar-refractivity contribution in [3.05, 3.63) is 43.0 Å². The Morgan fingerprint density at radius 3 is 2.08 bits per heavy atom. The number of benzene rings is 1. The summed E-state index contributed by atoms with van der Waals surface area (Å²) >= 11 is 0. The Morgan fingerprint density at radius 2 is 1.60 bits per heavy atom. The molecule has 134 valence electrons. The zero-order valence-electron chi connectivity index (χ0n) is 12.6. The van der Waals surface area contributed by atoms with Crippen LogP contribution in [0, 0.1) is 0 Å². The van der Waals surface area contributed by atoms with Crippen molar-refractivity contribution in [1.29, 1.82) is 0 Å². The summed E-state index contributed by atoms with van der Waals surface area (Å²) in [6.07, 6.45) is -1.81. The molecule has 0 radical (unpaired) electrons. The molecule has 0 bridgehead atoms. The van der Waals surface area contributed by atoms with Gasteiger partial charge in [0, 0.05) is 18.1 Å². The van der Waals surface area contributed by atoms with Gasteiger partial charge in [0.2, 0.25) is 15.4 Å². The van der Waals surface area contributed by atoms with Crippen molar-refractivity contribution in [2.24, 2.45) is 0 Å². The van der Waals surface area contributed by atoms with Crippen LogP contribution in [0.3, 0.4) is 0 Å². The van der Waals surface area contributed by atoms with Gasteiger partial charge in [0.05, 0.1) is 4.90 Å². The highest BCUT2D eigenvalue weighted by Crippen LogP contribution is 2.31. The number of aliphatic hydroxyl groups is 1. The average Bonchev–Trinajstić information content (AvgIpc) is 2.55. The van der Waals surface area contributed by atoms with Gasteiger partial charge in [0.25, 0.3) is 5.91 Å². The second kappa shape index (κ2) is 6.41. The molecule has 1 unspecified atom stereocenters. The molecule has 2 aromatic rings. The lowest BCUT2D eigenvalue weighted by atomic mass is 10.1. The first-order chi connectivity index (χ1) is 11.5. The predicted octanol–water partition coefficient (Wildman–Crippen LogP) is 1.56. The van der Waals surface area contributed by atoms with Crippen molar-refractivity contribution in [2.45, 2.75) is 28.5 Å². The molecule has 25 heavy (non-hydrogen) atoms. The molecule has 0 aliphatic carbocycles. The van der Waals surface area contributed by atoms with Crippen LogP contribution in [0.4, 0.5) is 18.9 Å². The number of amides is 1. The fraction of sp³-hybridized carbons (Fsp3) is 0.214. The molecule has 0 spiro atoms. The number of rotatable bonds is 4. The van der Waals surface area contributed by atoms with Gasteiger partial charge in [-0.1, -0.05) is 0 Å². The van der Waals surface area contributed by atoms with Crippen LogP contribution in [-0.2, 0) is 14.6 Å². The molecule has 2 rings (SSSR count). The summed E-state index contributed by atoms with van der Waals surface area (Å²) in [6, 6.07) is 4.39. The van der Waals surface area contributed by atoms with Gasteiger partial charge in [-0.3, -0.25) is 4.79 Å². The van der Waals surface area contributed by atoms with Gasteiger partial charge in [0.15, 0.2) is 0 Å². The van der Waals surface area contributed by atoms with Gasteiger partial charge in [-0.15, -0.1) is 0 Å². The predicted molar refractivity (Wildman–Crippen MR) is 79.2 cm³/mol. The highest BCUT2D eigenvalue weighted by atomic mass is 32.2. The number of hydrogen-bond acceptors (Lipinski definition) is 6. The number of nitrogens with zero attached hydrogens (tertiary/aromatic N) is 2. The molecule has 1 aromatic carbocycles. The maximum absolute atomic E-state index is 12.6. The van der Waals surface area contributed by atoms with Crippen LogP contribution in [0.15, 0.2) is 52.8 Å². The number of anilines is 1. The summed E-state index contributed by atoms with van der Waals surface area (Å²) in [6.45, 7) is 0.316. The van der Waals surface area contributed by atoms with E-state index in [1.165, 1.54) is 0 Å². The minimum atomic E-state index is -5.16. The van der Waals surface area contributed by atoms with E-state index >= 15 is 0 Å². The smallest absolute Gasteiger partial charge is 0.373 e. The molecular formula is C14H12F3N3O4S. The molecule has 2 N–H and O–H groups in total. The SMILES string of the molecule is CC(O)(C(=O)Nc1ccc(S(=O)(=O)c2cncnc2)cc1)C(F)(F)F. The topological polar surface area (TPSA) is 109 Å². The van der Waals surface area contributed by atoms with E-state index in [-0.39, 0.29) is 15.5 Å². The Kier molecular flexibility index (Phi) is 4.82. The van der Waals surface area contributed by atoms with E-state index in [4.69, 9.17) is 0 Å². The maximum atomic E-state index is 12.6. The van der Waals surface area contributed by atoms with Crippen molar-refractivity contribution in [1.82, 2.24) is 9.97 Å². The Balaban J connectivity index is 2.23. The molecular weight excluding hydrogens is 363 g/mol. The standard InChI is InChI=1S/C14H12F3N3O4S/c1-13(22,14(15,16)17)12(21)20-9-2-4-10(5-3-9)25(23,24)11-6-18-8-19-7-11/h2-8,22H,1H3,(H,20,21). The highest BCUT2D eigenvalue weighted by molar-refractivity contribution is 7.91. The quantitative estimate of drug-likeness (QED) is 0.839. The van der Waals surface area contributed by atoms with Crippen LogP contribution in [0.5, 0.6) is 0 Å². The zero-order valence-corrected chi connectivity index (χ0v) is 13.5. The lowest BCUT2D eigenvalue weighted by Crippen LogP contribution is -2.52. The number of aromatic nitrogens is 2. The molecule has 0 fully saturated rings. The highest BCUT2D eigenvalue weighted by Gasteiger charge is 2.55. The Hall–Kier alpha value is -2.53. The Morgan fingerprint density at radius 1 is 1.08 bits per heavy atom. The van der Waals surface area contributed by atoms with Gasteiger partial charge in [0.1, 0.15) is 11.2 Å². The molecule has 0 saturated heterocycles. The van der Waals surface area contributed by atoms with Crippen molar-refractivity contribution < 1.29 is 31.5 Å². The first-order valence-electron chi connectivity index (χ1n) is 6.67. The van der Waals surface area contributed by atoms with Crippen molar-refractivity contribution >= 4 is 21.4 Å². The molecule has 0 saturated carbocycles. The molecule has 1 amide bonds. The largest absolute Gasteiger partial charge is 0.426 e. The Labute approximate surface area is 140 Å². The summed E-state index contributed by atoms with van der Waals surface area (Å²) in [5, 5.41) is 11.1. The number of carbonyl (C=O) groups excluding carboxylic acids is 1. The Bertz CT molecular complexity index is 866. The number of sulfone groups is 1. The van der Waals surface area contributed by atoms with Crippen molar-refractivity contribution in [2.75, 3.05) is 5.32 Å². The average molecular weight is 375 g/mol. The van der Waals surface area contributed by atoms with E-state index in [2.05, 4.69) is 9.97 Å². The first-order valence-corrected chi connectivity index (χ1v) is 8.15. The summed E-state index contributed by atoms with van der Waals surface area (Å²) in [5.74, 6) is -1.69. The van der Waals surface area contributed by atoms with Crippen LogP contribution in [0.1, 0.15) is 6.92 Å². The van der Waals surface area contributed by atoms with Gasteiger partial charge in [-0.05, 0) is 31.2 Å². The molecule has 7 nitrogen and oxygen atoms in total. The number of hydrogen-bond donors (Lipinski definition) is 2.